The molecule has 0 aromatic heterocycles. The zero-order chi connectivity index (χ0) is 13.2. The maximum Gasteiger partial charge on any atom is 0.242 e. The van der Waals surface area contributed by atoms with E-state index in [4.69, 9.17) is 5.73 Å². The van der Waals surface area contributed by atoms with Crippen molar-refractivity contribution in [2.75, 3.05) is 13.1 Å². The van der Waals surface area contributed by atoms with Gasteiger partial charge in [-0.1, -0.05) is 33.1 Å². The van der Waals surface area contributed by atoms with Gasteiger partial charge in [0.15, 0.2) is 0 Å². The quantitative estimate of drug-likeness (QED) is 0.839. The summed E-state index contributed by atoms with van der Waals surface area (Å²) in [5.41, 5.74) is 6.06. The molecule has 1 heterocycles. The molecule has 1 spiro atoms. The lowest BCUT2D eigenvalue weighted by Gasteiger charge is -2.35. The smallest absolute Gasteiger partial charge is 0.242 e. The zero-order valence-electron chi connectivity index (χ0n) is 12.0. The summed E-state index contributed by atoms with van der Waals surface area (Å²) in [6.45, 7) is 5.93. The number of carbonyl (C=O) groups is 1. The molecule has 18 heavy (non-hydrogen) atoms. The zero-order valence-corrected chi connectivity index (χ0v) is 12.0. The minimum Gasteiger partial charge on any atom is -0.341 e. The topological polar surface area (TPSA) is 46.3 Å². The number of hydrogen-bond acceptors (Lipinski definition) is 2. The highest BCUT2D eigenvalue weighted by molar-refractivity contribution is 5.86. The molecule has 0 aromatic carbocycles. The Balaban J connectivity index is 2.02. The SMILES string of the molecule is CCC(N)(CC)C(=O)N1CCC2(CCCCC2)C1. The average Bonchev–Trinajstić information content (AvgIpc) is 2.81. The van der Waals surface area contributed by atoms with Crippen molar-refractivity contribution >= 4 is 5.91 Å². The first-order valence-electron chi connectivity index (χ1n) is 7.63. The van der Waals surface area contributed by atoms with Crippen LogP contribution in [0.4, 0.5) is 0 Å². The fraction of sp³-hybridized carbons (Fsp3) is 0.933. The van der Waals surface area contributed by atoms with Gasteiger partial charge < -0.3 is 10.6 Å². The van der Waals surface area contributed by atoms with Crippen molar-refractivity contribution in [3.8, 4) is 0 Å². The van der Waals surface area contributed by atoms with E-state index in [-0.39, 0.29) is 5.91 Å². The molecule has 0 aromatic rings. The molecule has 3 heteroatoms. The Morgan fingerprint density at radius 2 is 1.78 bits per heavy atom. The number of nitrogens with zero attached hydrogens (tertiary/aromatic N) is 1. The predicted molar refractivity (Wildman–Crippen MR) is 74.2 cm³/mol. The van der Waals surface area contributed by atoms with Crippen LogP contribution >= 0.6 is 0 Å². The Morgan fingerprint density at radius 1 is 1.17 bits per heavy atom. The van der Waals surface area contributed by atoms with Crippen LogP contribution in [0, 0.1) is 5.41 Å². The molecule has 0 bridgehead atoms. The number of likely N-dealkylation sites (tertiary alicyclic amines) is 1. The molecule has 0 unspecified atom stereocenters. The molecule has 0 radical (unpaired) electrons. The van der Waals surface area contributed by atoms with E-state index in [0.29, 0.717) is 5.41 Å². The summed E-state index contributed by atoms with van der Waals surface area (Å²) in [5, 5.41) is 0. The van der Waals surface area contributed by atoms with Crippen LogP contribution in [-0.4, -0.2) is 29.4 Å². The molecule has 2 N–H and O–H groups in total. The first-order chi connectivity index (χ1) is 8.55. The van der Waals surface area contributed by atoms with E-state index in [1.807, 2.05) is 13.8 Å². The molecule has 1 amide bonds. The molecule has 2 fully saturated rings. The van der Waals surface area contributed by atoms with E-state index in [2.05, 4.69) is 4.90 Å². The van der Waals surface area contributed by atoms with Crippen LogP contribution in [0.1, 0.15) is 65.2 Å². The molecule has 104 valence electrons. The maximum atomic E-state index is 12.6. The Bertz CT molecular complexity index is 304. The lowest BCUT2D eigenvalue weighted by molar-refractivity contribution is -0.136. The van der Waals surface area contributed by atoms with E-state index in [9.17, 15) is 4.79 Å². The third-order valence-corrected chi connectivity index (χ3v) is 5.33. The van der Waals surface area contributed by atoms with E-state index >= 15 is 0 Å². The molecule has 1 saturated carbocycles. The molecular weight excluding hydrogens is 224 g/mol. The van der Waals surface area contributed by atoms with Crippen molar-refractivity contribution in [1.29, 1.82) is 0 Å². The van der Waals surface area contributed by atoms with E-state index < -0.39 is 5.54 Å². The largest absolute Gasteiger partial charge is 0.341 e. The molecule has 2 rings (SSSR count). The molecule has 1 aliphatic carbocycles. The minimum absolute atomic E-state index is 0.190. The molecule has 1 aliphatic heterocycles. The molecule has 3 nitrogen and oxygen atoms in total. The van der Waals surface area contributed by atoms with Gasteiger partial charge in [-0.3, -0.25) is 4.79 Å². The summed E-state index contributed by atoms with van der Waals surface area (Å²) in [6, 6.07) is 0. The average molecular weight is 252 g/mol. The van der Waals surface area contributed by atoms with E-state index in [1.54, 1.807) is 0 Å². The van der Waals surface area contributed by atoms with Crippen LogP contribution in [-0.2, 0) is 4.79 Å². The Morgan fingerprint density at radius 3 is 2.33 bits per heavy atom. The van der Waals surface area contributed by atoms with E-state index in [0.717, 1.165) is 25.9 Å². The van der Waals surface area contributed by atoms with Gasteiger partial charge in [0, 0.05) is 13.1 Å². The maximum absolute atomic E-state index is 12.6. The molecule has 1 saturated heterocycles. The molecular formula is C15H28N2O. The number of rotatable bonds is 3. The third-order valence-electron chi connectivity index (χ3n) is 5.33. The van der Waals surface area contributed by atoms with Gasteiger partial charge in [-0.15, -0.1) is 0 Å². The summed E-state index contributed by atoms with van der Waals surface area (Å²) in [4.78, 5) is 14.6. The van der Waals surface area contributed by atoms with Gasteiger partial charge in [0.2, 0.25) is 5.91 Å². The second kappa shape index (κ2) is 5.20. The van der Waals surface area contributed by atoms with Crippen LogP contribution < -0.4 is 5.73 Å². The van der Waals surface area contributed by atoms with Crippen LogP contribution in [0.25, 0.3) is 0 Å². The second-order valence-electron chi connectivity index (χ2n) is 6.40. The summed E-state index contributed by atoms with van der Waals surface area (Å²) < 4.78 is 0. The van der Waals surface area contributed by atoms with Crippen molar-refractivity contribution in [2.24, 2.45) is 11.1 Å². The first kappa shape index (κ1) is 13.9. The van der Waals surface area contributed by atoms with Gasteiger partial charge >= 0.3 is 0 Å². The molecule has 0 atom stereocenters. The lowest BCUT2D eigenvalue weighted by Crippen LogP contribution is -2.54. The van der Waals surface area contributed by atoms with Gasteiger partial charge in [0.1, 0.15) is 0 Å². The highest BCUT2D eigenvalue weighted by Gasteiger charge is 2.44. The van der Waals surface area contributed by atoms with Gasteiger partial charge in [0.05, 0.1) is 5.54 Å². The standard InChI is InChI=1S/C15H28N2O/c1-3-15(16,4-2)13(18)17-11-10-14(12-17)8-6-5-7-9-14/h3-12,16H2,1-2H3. The summed E-state index contributed by atoms with van der Waals surface area (Å²) >= 11 is 0. The van der Waals surface area contributed by atoms with Gasteiger partial charge in [-0.05, 0) is 37.5 Å². The first-order valence-corrected chi connectivity index (χ1v) is 7.63. The van der Waals surface area contributed by atoms with Crippen molar-refractivity contribution in [2.45, 2.75) is 70.8 Å². The van der Waals surface area contributed by atoms with Crippen LogP contribution in [0.3, 0.4) is 0 Å². The highest BCUT2D eigenvalue weighted by atomic mass is 16.2. The number of carbonyl (C=O) groups excluding carboxylic acids is 1. The van der Waals surface area contributed by atoms with Crippen molar-refractivity contribution in [3.05, 3.63) is 0 Å². The summed E-state index contributed by atoms with van der Waals surface area (Å²) in [7, 11) is 0. The van der Waals surface area contributed by atoms with Crippen LogP contribution in [0.15, 0.2) is 0 Å². The van der Waals surface area contributed by atoms with Gasteiger partial charge in [-0.2, -0.15) is 0 Å². The lowest BCUT2D eigenvalue weighted by atomic mass is 9.73. The van der Waals surface area contributed by atoms with Gasteiger partial charge in [0.25, 0.3) is 0 Å². The fourth-order valence-corrected chi connectivity index (χ4v) is 3.69. The van der Waals surface area contributed by atoms with Crippen molar-refractivity contribution in [3.63, 3.8) is 0 Å². The third kappa shape index (κ3) is 2.42. The Kier molecular flexibility index (Phi) is 4.00. The highest BCUT2D eigenvalue weighted by Crippen LogP contribution is 2.44. The van der Waals surface area contributed by atoms with Crippen LogP contribution in [0.2, 0.25) is 0 Å². The Hall–Kier alpha value is -0.570. The number of hydrogen-bond donors (Lipinski definition) is 1. The van der Waals surface area contributed by atoms with E-state index in [1.165, 1.54) is 38.5 Å². The monoisotopic (exact) mass is 252 g/mol. The number of amides is 1. The minimum atomic E-state index is -0.625. The summed E-state index contributed by atoms with van der Waals surface area (Å²) in [5.74, 6) is 0.190. The van der Waals surface area contributed by atoms with Crippen molar-refractivity contribution < 1.29 is 4.79 Å². The van der Waals surface area contributed by atoms with Crippen LogP contribution in [0.5, 0.6) is 0 Å². The fourth-order valence-electron chi connectivity index (χ4n) is 3.69. The summed E-state index contributed by atoms with van der Waals surface area (Å²) in [6.07, 6.45) is 9.37. The predicted octanol–water partition coefficient (Wildman–Crippen LogP) is 2.69. The Labute approximate surface area is 111 Å². The number of nitrogens with two attached hydrogens (primary N) is 1. The second-order valence-corrected chi connectivity index (χ2v) is 6.40. The molecule has 2 aliphatic rings. The normalized spacial score (nSPS) is 23.6. The van der Waals surface area contributed by atoms with Gasteiger partial charge in [-0.25, -0.2) is 0 Å². The van der Waals surface area contributed by atoms with Crippen molar-refractivity contribution in [1.82, 2.24) is 4.90 Å².